The van der Waals surface area contributed by atoms with Gasteiger partial charge in [-0.05, 0) is 22.4 Å². The molecule has 0 unspecified atom stereocenters. The van der Waals surface area contributed by atoms with E-state index in [-0.39, 0.29) is 9.63 Å². The number of sulfonamides is 1. The summed E-state index contributed by atoms with van der Waals surface area (Å²) in [7, 11) is -1.98. The molecule has 0 aliphatic carbocycles. The molecule has 0 bridgehead atoms. The quantitative estimate of drug-likeness (QED) is 0.689. The molecule has 0 atom stereocenters. The lowest BCUT2D eigenvalue weighted by molar-refractivity contribution is 0.421. The van der Waals surface area contributed by atoms with Crippen LogP contribution in [-0.4, -0.2) is 46.1 Å². The lowest BCUT2D eigenvalue weighted by atomic mass is 10.5. The predicted octanol–water partition coefficient (Wildman–Crippen LogP) is 1.37. The SMILES string of the molecule is CCN(CCCBr)S(=O)(=O)c1c(Br)nnn1C. The first-order valence-electron chi connectivity index (χ1n) is 5.06. The van der Waals surface area contributed by atoms with Crippen molar-refractivity contribution in [1.29, 1.82) is 0 Å². The molecule has 0 radical (unpaired) electrons. The zero-order chi connectivity index (χ0) is 13.1. The Morgan fingerprint density at radius 1 is 1.47 bits per heavy atom. The Bertz CT molecular complexity index is 454. The zero-order valence-corrected chi connectivity index (χ0v) is 13.6. The third-order valence-corrected chi connectivity index (χ3v) is 5.64. The summed E-state index contributed by atoms with van der Waals surface area (Å²) in [6.45, 7) is 2.71. The number of aromatic nitrogens is 3. The van der Waals surface area contributed by atoms with E-state index >= 15 is 0 Å². The summed E-state index contributed by atoms with van der Waals surface area (Å²) >= 11 is 6.40. The second-order valence-corrected chi connectivity index (χ2v) is 6.75. The average molecular weight is 390 g/mol. The molecule has 0 spiro atoms. The topological polar surface area (TPSA) is 68.1 Å². The van der Waals surface area contributed by atoms with Gasteiger partial charge in [0, 0.05) is 25.5 Å². The zero-order valence-electron chi connectivity index (χ0n) is 9.60. The summed E-state index contributed by atoms with van der Waals surface area (Å²) < 4.78 is 27.6. The van der Waals surface area contributed by atoms with Gasteiger partial charge in [-0.2, -0.15) is 4.31 Å². The van der Waals surface area contributed by atoms with Crippen LogP contribution in [0.3, 0.4) is 0 Å². The number of halogens is 2. The molecule has 17 heavy (non-hydrogen) atoms. The Morgan fingerprint density at radius 3 is 2.53 bits per heavy atom. The number of aryl methyl sites for hydroxylation is 1. The van der Waals surface area contributed by atoms with Gasteiger partial charge in [-0.3, -0.25) is 0 Å². The molecule has 0 fully saturated rings. The van der Waals surface area contributed by atoms with Gasteiger partial charge in [-0.25, -0.2) is 13.1 Å². The van der Waals surface area contributed by atoms with Gasteiger partial charge in [0.15, 0.2) is 4.60 Å². The first-order chi connectivity index (χ1) is 7.95. The third-order valence-electron chi connectivity index (χ3n) is 2.22. The minimum Gasteiger partial charge on any atom is -0.235 e. The monoisotopic (exact) mass is 388 g/mol. The van der Waals surface area contributed by atoms with Crippen molar-refractivity contribution in [2.75, 3.05) is 18.4 Å². The molecule has 0 N–H and O–H groups in total. The van der Waals surface area contributed by atoms with E-state index in [0.29, 0.717) is 13.1 Å². The van der Waals surface area contributed by atoms with Crippen LogP contribution in [0.15, 0.2) is 9.63 Å². The van der Waals surface area contributed by atoms with E-state index in [4.69, 9.17) is 0 Å². The van der Waals surface area contributed by atoms with Gasteiger partial charge in [0.2, 0.25) is 5.03 Å². The molecular weight excluding hydrogens is 376 g/mol. The molecular formula is C8H14Br2N4O2S. The van der Waals surface area contributed by atoms with Crippen molar-refractivity contribution in [3.05, 3.63) is 4.60 Å². The van der Waals surface area contributed by atoms with Crippen LogP contribution in [0.25, 0.3) is 0 Å². The van der Waals surface area contributed by atoms with Gasteiger partial charge < -0.3 is 0 Å². The van der Waals surface area contributed by atoms with Crippen LogP contribution in [0.2, 0.25) is 0 Å². The largest absolute Gasteiger partial charge is 0.263 e. The van der Waals surface area contributed by atoms with Gasteiger partial charge in [0.25, 0.3) is 10.0 Å². The van der Waals surface area contributed by atoms with Crippen LogP contribution in [0.4, 0.5) is 0 Å². The van der Waals surface area contributed by atoms with Gasteiger partial charge in [0.1, 0.15) is 0 Å². The number of hydrogen-bond acceptors (Lipinski definition) is 4. The summed E-state index contributed by atoms with van der Waals surface area (Å²) in [6, 6.07) is 0. The fourth-order valence-electron chi connectivity index (χ4n) is 1.40. The number of nitrogens with zero attached hydrogens (tertiary/aromatic N) is 4. The Kier molecular flexibility index (Phi) is 5.55. The van der Waals surface area contributed by atoms with Crippen molar-refractivity contribution >= 4 is 41.9 Å². The van der Waals surface area contributed by atoms with Crippen LogP contribution in [-0.2, 0) is 17.1 Å². The second kappa shape index (κ2) is 6.26. The molecule has 1 aromatic rings. The van der Waals surface area contributed by atoms with Crippen molar-refractivity contribution in [2.45, 2.75) is 18.4 Å². The van der Waals surface area contributed by atoms with E-state index in [9.17, 15) is 8.42 Å². The molecule has 0 aliphatic rings. The van der Waals surface area contributed by atoms with E-state index in [2.05, 4.69) is 42.2 Å². The standard InChI is InChI=1S/C8H14Br2N4O2S/c1-3-14(6-4-5-9)17(15,16)8-7(10)11-12-13(8)2/h3-6H2,1-2H3. The minimum atomic E-state index is -3.54. The first kappa shape index (κ1) is 15.1. The molecule has 1 rings (SSSR count). The molecule has 6 nitrogen and oxygen atoms in total. The highest BCUT2D eigenvalue weighted by atomic mass is 79.9. The summed E-state index contributed by atoms with van der Waals surface area (Å²) in [5, 5.41) is 8.24. The van der Waals surface area contributed by atoms with Crippen molar-refractivity contribution in [3.8, 4) is 0 Å². The lowest BCUT2D eigenvalue weighted by Crippen LogP contribution is -2.33. The summed E-state index contributed by atoms with van der Waals surface area (Å²) in [6.07, 6.45) is 0.760. The van der Waals surface area contributed by atoms with Crippen molar-refractivity contribution < 1.29 is 8.42 Å². The fraction of sp³-hybridized carbons (Fsp3) is 0.750. The molecule has 0 amide bonds. The maximum Gasteiger partial charge on any atom is 0.263 e. The second-order valence-electron chi connectivity index (χ2n) is 3.35. The fourth-order valence-corrected chi connectivity index (χ4v) is 4.17. The van der Waals surface area contributed by atoms with Crippen molar-refractivity contribution in [2.24, 2.45) is 7.05 Å². The molecule has 0 saturated heterocycles. The minimum absolute atomic E-state index is 0.0916. The maximum absolute atomic E-state index is 12.4. The van der Waals surface area contributed by atoms with E-state index < -0.39 is 10.0 Å². The van der Waals surface area contributed by atoms with Gasteiger partial charge in [-0.15, -0.1) is 5.10 Å². The Balaban J connectivity index is 3.09. The predicted molar refractivity (Wildman–Crippen MR) is 71.5 cm³/mol. The molecule has 0 aromatic carbocycles. The van der Waals surface area contributed by atoms with E-state index in [0.717, 1.165) is 11.8 Å². The van der Waals surface area contributed by atoms with Crippen LogP contribution in [0, 0.1) is 0 Å². The maximum atomic E-state index is 12.4. The van der Waals surface area contributed by atoms with Crippen molar-refractivity contribution in [3.63, 3.8) is 0 Å². The average Bonchev–Trinajstić information content (AvgIpc) is 2.59. The van der Waals surface area contributed by atoms with Gasteiger partial charge in [-0.1, -0.05) is 28.1 Å². The lowest BCUT2D eigenvalue weighted by Gasteiger charge is -2.19. The molecule has 1 aromatic heterocycles. The summed E-state index contributed by atoms with van der Waals surface area (Å²) in [4.78, 5) is 0. The van der Waals surface area contributed by atoms with Gasteiger partial charge >= 0.3 is 0 Å². The van der Waals surface area contributed by atoms with Crippen LogP contribution in [0.5, 0.6) is 0 Å². The molecule has 0 aliphatic heterocycles. The van der Waals surface area contributed by atoms with Crippen LogP contribution >= 0.6 is 31.9 Å². The van der Waals surface area contributed by atoms with Crippen LogP contribution in [0.1, 0.15) is 13.3 Å². The highest BCUT2D eigenvalue weighted by Crippen LogP contribution is 2.22. The number of hydrogen-bond donors (Lipinski definition) is 0. The third kappa shape index (κ3) is 3.27. The Labute approximate surface area is 118 Å². The Morgan fingerprint density at radius 2 is 2.12 bits per heavy atom. The van der Waals surface area contributed by atoms with E-state index in [1.807, 2.05) is 6.92 Å². The molecule has 1 heterocycles. The molecule has 0 saturated carbocycles. The van der Waals surface area contributed by atoms with Gasteiger partial charge in [0.05, 0.1) is 0 Å². The highest BCUT2D eigenvalue weighted by molar-refractivity contribution is 9.10. The Hall–Kier alpha value is 0.0100. The first-order valence-corrected chi connectivity index (χ1v) is 8.41. The number of alkyl halides is 1. The normalized spacial score (nSPS) is 12.3. The van der Waals surface area contributed by atoms with Crippen molar-refractivity contribution in [1.82, 2.24) is 19.3 Å². The molecule has 98 valence electrons. The summed E-state index contributed by atoms with van der Waals surface area (Å²) in [5.41, 5.74) is 0. The van der Waals surface area contributed by atoms with Crippen LogP contribution < -0.4 is 0 Å². The van der Waals surface area contributed by atoms with E-state index in [1.165, 1.54) is 8.99 Å². The number of rotatable bonds is 6. The molecule has 9 heteroatoms. The highest BCUT2D eigenvalue weighted by Gasteiger charge is 2.29. The summed E-state index contributed by atoms with van der Waals surface area (Å²) in [5.74, 6) is 0. The van der Waals surface area contributed by atoms with E-state index in [1.54, 1.807) is 7.05 Å². The smallest absolute Gasteiger partial charge is 0.235 e.